The zero-order valence-electron chi connectivity index (χ0n) is 12.6. The quantitative estimate of drug-likeness (QED) is 0.859. The molecule has 21 heavy (non-hydrogen) atoms. The fourth-order valence-corrected chi connectivity index (χ4v) is 6.59. The smallest absolute Gasteiger partial charge is 0.155 e. The van der Waals surface area contributed by atoms with Gasteiger partial charge in [0.05, 0.1) is 11.5 Å². The van der Waals surface area contributed by atoms with Gasteiger partial charge in [-0.25, -0.2) is 8.42 Å². The van der Waals surface area contributed by atoms with Crippen LogP contribution in [0.4, 0.5) is 0 Å². The molecule has 4 heteroatoms. The van der Waals surface area contributed by atoms with Crippen LogP contribution in [0, 0.1) is 16.7 Å². The molecular weight excluding hydrogens is 284 g/mol. The highest BCUT2D eigenvalue weighted by Crippen LogP contribution is 2.64. The minimum atomic E-state index is -3.29. The third kappa shape index (κ3) is 2.24. The van der Waals surface area contributed by atoms with E-state index in [-0.39, 0.29) is 22.7 Å². The highest BCUT2D eigenvalue weighted by Gasteiger charge is 2.65. The Bertz CT molecular complexity index is 661. The first kappa shape index (κ1) is 14.8. The Morgan fingerprint density at radius 2 is 1.86 bits per heavy atom. The predicted molar refractivity (Wildman–Crippen MR) is 82.5 cm³/mol. The van der Waals surface area contributed by atoms with Crippen molar-refractivity contribution in [3.05, 3.63) is 35.9 Å². The Morgan fingerprint density at radius 3 is 2.38 bits per heavy atom. The molecule has 0 aliphatic heterocycles. The summed E-state index contributed by atoms with van der Waals surface area (Å²) in [4.78, 5) is 12.4. The Morgan fingerprint density at radius 1 is 1.19 bits per heavy atom. The van der Waals surface area contributed by atoms with Crippen LogP contribution < -0.4 is 0 Å². The van der Waals surface area contributed by atoms with E-state index in [0.717, 1.165) is 18.4 Å². The first-order valence-corrected chi connectivity index (χ1v) is 9.37. The number of carbonyl (C=O) groups is 1. The average molecular weight is 306 g/mol. The molecule has 0 N–H and O–H groups in total. The maximum absolute atomic E-state index is 12.6. The van der Waals surface area contributed by atoms with Crippen molar-refractivity contribution >= 4 is 15.6 Å². The second-order valence-corrected chi connectivity index (χ2v) is 9.25. The summed E-state index contributed by atoms with van der Waals surface area (Å²) in [6.07, 6.45) is 2.28. The maximum Gasteiger partial charge on any atom is 0.155 e. The third-order valence-corrected chi connectivity index (χ3v) is 7.54. The fourth-order valence-electron chi connectivity index (χ4n) is 4.36. The minimum Gasteiger partial charge on any atom is -0.299 e. The molecule has 2 fully saturated rings. The second kappa shape index (κ2) is 4.67. The number of hydrogen-bond acceptors (Lipinski definition) is 3. The van der Waals surface area contributed by atoms with Gasteiger partial charge in [0.1, 0.15) is 5.78 Å². The van der Waals surface area contributed by atoms with E-state index < -0.39 is 15.3 Å². The Labute approximate surface area is 126 Å². The van der Waals surface area contributed by atoms with Gasteiger partial charge in [0.15, 0.2) is 9.84 Å². The summed E-state index contributed by atoms with van der Waals surface area (Å²) in [6.45, 7) is 4.15. The lowest BCUT2D eigenvalue weighted by Crippen LogP contribution is -2.42. The first-order chi connectivity index (χ1) is 9.77. The highest BCUT2D eigenvalue weighted by molar-refractivity contribution is 7.90. The Balaban J connectivity index is 1.87. The molecule has 2 unspecified atom stereocenters. The second-order valence-electron chi connectivity index (χ2n) is 7.18. The fraction of sp³-hybridized carbons (Fsp3) is 0.588. The Hall–Kier alpha value is -1.16. The number of rotatable bonds is 4. The Kier molecular flexibility index (Phi) is 3.28. The molecule has 1 aromatic carbocycles. The molecule has 2 aliphatic carbocycles. The lowest BCUT2D eigenvalue weighted by atomic mass is 9.70. The van der Waals surface area contributed by atoms with Gasteiger partial charge in [-0.15, -0.1) is 0 Å². The summed E-state index contributed by atoms with van der Waals surface area (Å²) < 4.78 is 25.2. The summed E-state index contributed by atoms with van der Waals surface area (Å²) in [5.74, 6) is 0.568. The minimum absolute atomic E-state index is 0.0111. The summed E-state index contributed by atoms with van der Waals surface area (Å²) in [7, 11) is -3.29. The van der Waals surface area contributed by atoms with Crippen molar-refractivity contribution in [1.29, 1.82) is 0 Å². The predicted octanol–water partition coefficient (Wildman–Crippen LogP) is 3.00. The van der Waals surface area contributed by atoms with Crippen molar-refractivity contribution in [2.45, 2.75) is 38.9 Å². The van der Waals surface area contributed by atoms with Crippen molar-refractivity contribution in [3.63, 3.8) is 0 Å². The van der Waals surface area contributed by atoms with Crippen LogP contribution in [0.1, 0.15) is 38.7 Å². The molecule has 0 heterocycles. The van der Waals surface area contributed by atoms with E-state index in [0.29, 0.717) is 12.3 Å². The van der Waals surface area contributed by atoms with Crippen LogP contribution in [0.2, 0.25) is 0 Å². The van der Waals surface area contributed by atoms with Gasteiger partial charge in [0.2, 0.25) is 0 Å². The van der Waals surface area contributed by atoms with Crippen LogP contribution in [0.3, 0.4) is 0 Å². The third-order valence-electron chi connectivity index (χ3n) is 5.83. The van der Waals surface area contributed by atoms with Gasteiger partial charge in [-0.2, -0.15) is 0 Å². The molecule has 0 saturated heterocycles. The van der Waals surface area contributed by atoms with Gasteiger partial charge in [-0.3, -0.25) is 4.79 Å². The van der Waals surface area contributed by atoms with Gasteiger partial charge < -0.3 is 0 Å². The molecule has 2 aliphatic rings. The molecule has 2 bridgehead atoms. The maximum atomic E-state index is 12.6. The molecule has 0 radical (unpaired) electrons. The number of fused-ring (bicyclic) bond motifs is 2. The number of Topliss-reactive ketones (excluding diaryl/α,β-unsaturated/α-hetero) is 1. The monoisotopic (exact) mass is 306 g/mol. The summed E-state index contributed by atoms with van der Waals surface area (Å²) >= 11 is 0. The lowest BCUT2D eigenvalue weighted by Gasteiger charge is -2.36. The molecule has 2 saturated carbocycles. The van der Waals surface area contributed by atoms with E-state index in [1.54, 1.807) is 0 Å². The summed E-state index contributed by atoms with van der Waals surface area (Å²) in [6, 6.07) is 9.22. The topological polar surface area (TPSA) is 51.2 Å². The standard InChI is InChI=1S/C17H22O3S/c1-16(2)14-8-9-17(16,15(18)10-14)12-21(19,20)11-13-6-4-3-5-7-13/h3-7,14H,8-12H2,1-2H3. The van der Waals surface area contributed by atoms with Crippen LogP contribution in [0.5, 0.6) is 0 Å². The molecule has 1 aromatic rings. The van der Waals surface area contributed by atoms with Crippen LogP contribution in [-0.4, -0.2) is 20.0 Å². The average Bonchev–Trinajstić information content (AvgIpc) is 2.72. The van der Waals surface area contributed by atoms with Gasteiger partial charge in [-0.1, -0.05) is 44.2 Å². The van der Waals surface area contributed by atoms with E-state index in [4.69, 9.17) is 0 Å². The first-order valence-electron chi connectivity index (χ1n) is 7.54. The number of sulfone groups is 1. The summed E-state index contributed by atoms with van der Waals surface area (Å²) in [5, 5.41) is 0. The van der Waals surface area contributed by atoms with Crippen LogP contribution in [-0.2, 0) is 20.4 Å². The molecule has 3 nitrogen and oxygen atoms in total. The number of hydrogen-bond donors (Lipinski definition) is 0. The lowest BCUT2D eigenvalue weighted by molar-refractivity contribution is -0.128. The normalized spacial score (nSPS) is 30.8. The van der Waals surface area contributed by atoms with Crippen molar-refractivity contribution in [3.8, 4) is 0 Å². The molecule has 2 atom stereocenters. The number of ketones is 1. The van der Waals surface area contributed by atoms with E-state index in [2.05, 4.69) is 13.8 Å². The van der Waals surface area contributed by atoms with Gasteiger partial charge >= 0.3 is 0 Å². The van der Waals surface area contributed by atoms with E-state index >= 15 is 0 Å². The van der Waals surface area contributed by atoms with Gasteiger partial charge in [-0.05, 0) is 29.7 Å². The van der Waals surface area contributed by atoms with Crippen molar-refractivity contribution in [2.75, 3.05) is 5.75 Å². The number of benzene rings is 1. The zero-order chi connectivity index (χ0) is 15.3. The van der Waals surface area contributed by atoms with Crippen LogP contribution >= 0.6 is 0 Å². The van der Waals surface area contributed by atoms with Crippen LogP contribution in [0.15, 0.2) is 30.3 Å². The van der Waals surface area contributed by atoms with Crippen molar-refractivity contribution in [2.24, 2.45) is 16.7 Å². The van der Waals surface area contributed by atoms with Gasteiger partial charge in [0.25, 0.3) is 0 Å². The SMILES string of the molecule is CC1(C)C2CCC1(CS(=O)(=O)Cc1ccccc1)C(=O)C2. The van der Waals surface area contributed by atoms with Crippen LogP contribution in [0.25, 0.3) is 0 Å². The van der Waals surface area contributed by atoms with E-state index in [9.17, 15) is 13.2 Å². The van der Waals surface area contributed by atoms with Gasteiger partial charge in [0, 0.05) is 11.8 Å². The molecule has 0 aromatic heterocycles. The highest BCUT2D eigenvalue weighted by atomic mass is 32.2. The molecular formula is C17H22O3S. The number of carbonyl (C=O) groups excluding carboxylic acids is 1. The molecule has 0 amide bonds. The molecule has 0 spiro atoms. The largest absolute Gasteiger partial charge is 0.299 e. The van der Waals surface area contributed by atoms with E-state index in [1.807, 2.05) is 30.3 Å². The van der Waals surface area contributed by atoms with E-state index in [1.165, 1.54) is 0 Å². The van der Waals surface area contributed by atoms with Crippen molar-refractivity contribution < 1.29 is 13.2 Å². The summed E-state index contributed by atoms with van der Waals surface area (Å²) in [5.41, 5.74) is -0.0363. The van der Waals surface area contributed by atoms with Crippen molar-refractivity contribution in [1.82, 2.24) is 0 Å². The molecule has 3 rings (SSSR count). The zero-order valence-corrected chi connectivity index (χ0v) is 13.4. The molecule has 114 valence electrons.